The quantitative estimate of drug-likeness (QED) is 0.103. The summed E-state index contributed by atoms with van der Waals surface area (Å²) in [5.74, 6) is 0.818. The van der Waals surface area contributed by atoms with Gasteiger partial charge in [-0.3, -0.25) is 19.2 Å². The molecule has 56 heavy (non-hydrogen) atoms. The van der Waals surface area contributed by atoms with Crippen molar-refractivity contribution in [2.75, 3.05) is 27.8 Å². The Hall–Kier alpha value is -4.61. The van der Waals surface area contributed by atoms with Crippen molar-refractivity contribution >= 4 is 46.0 Å². The maximum atomic E-state index is 11.6. The van der Waals surface area contributed by atoms with Crippen molar-refractivity contribution in [2.24, 2.45) is 11.3 Å². The second-order valence-electron chi connectivity index (χ2n) is 15.8. The number of rotatable bonds is 14. The standard InChI is InChI=1S/C44H47Cl2N5O5/c1-50(32-19-44(20-32)17-30(18-44)43(53)54)24-29-14-37(45)28(16-40(29)56-3)25-51-38-9-5-7-34(36(38)23-48-51)35-8-4-6-33(42(35)46)26-10-11-27(39(15-26)55-2)21-47-22-31-12-13-41(52)49-31/h4-11,14-16,23,30-32,47H,12-13,17-22,24-25H2,1-3H3,(H,49,52)(H,53,54)/t30?,31-,32?,44?/m0/s1. The minimum Gasteiger partial charge on any atom is -0.496 e. The smallest absolute Gasteiger partial charge is 0.306 e. The van der Waals surface area contributed by atoms with E-state index in [4.69, 9.17) is 37.8 Å². The molecule has 3 N–H and O–H groups in total. The number of ether oxygens (including phenoxy) is 2. The van der Waals surface area contributed by atoms with Gasteiger partial charge in [-0.2, -0.15) is 5.10 Å². The highest BCUT2D eigenvalue weighted by atomic mass is 35.5. The van der Waals surface area contributed by atoms with Crippen LogP contribution in [0, 0.1) is 11.3 Å². The zero-order chi connectivity index (χ0) is 39.1. The van der Waals surface area contributed by atoms with Gasteiger partial charge in [0.05, 0.1) is 43.4 Å². The fraction of sp³-hybridized carbons (Fsp3) is 0.386. The molecule has 2 heterocycles. The lowest BCUT2D eigenvalue weighted by molar-refractivity contribution is -0.159. The molecule has 1 atom stereocenters. The van der Waals surface area contributed by atoms with Crippen molar-refractivity contribution in [3.05, 3.63) is 99.7 Å². The molecule has 2 saturated carbocycles. The third kappa shape index (κ3) is 7.47. The minimum absolute atomic E-state index is 0.114. The van der Waals surface area contributed by atoms with Gasteiger partial charge in [0.2, 0.25) is 5.91 Å². The van der Waals surface area contributed by atoms with Crippen LogP contribution < -0.4 is 20.1 Å². The number of aliphatic carboxylic acids is 1. The van der Waals surface area contributed by atoms with Crippen LogP contribution in [0.3, 0.4) is 0 Å². The summed E-state index contributed by atoms with van der Waals surface area (Å²) in [6.45, 7) is 2.48. The first kappa shape index (κ1) is 38.3. The number of nitrogens with zero attached hydrogens (tertiary/aromatic N) is 3. The maximum absolute atomic E-state index is 11.6. The minimum atomic E-state index is -0.663. The molecule has 292 valence electrons. The molecular weight excluding hydrogens is 749 g/mol. The monoisotopic (exact) mass is 795 g/mol. The number of hydrogen-bond acceptors (Lipinski definition) is 7. The highest BCUT2D eigenvalue weighted by Gasteiger charge is 2.55. The Kier molecular flexibility index (Phi) is 10.8. The zero-order valence-electron chi connectivity index (χ0n) is 31.9. The summed E-state index contributed by atoms with van der Waals surface area (Å²) in [6.07, 6.45) is 7.00. The lowest BCUT2D eigenvalue weighted by Gasteiger charge is -2.58. The summed E-state index contributed by atoms with van der Waals surface area (Å²) in [7, 11) is 5.48. The largest absolute Gasteiger partial charge is 0.496 e. The summed E-state index contributed by atoms with van der Waals surface area (Å²) in [5.41, 5.74) is 7.85. The predicted octanol–water partition coefficient (Wildman–Crippen LogP) is 8.19. The van der Waals surface area contributed by atoms with E-state index in [2.05, 4.69) is 46.8 Å². The summed E-state index contributed by atoms with van der Waals surface area (Å²) in [6, 6.07) is 23.0. The Morgan fingerprint density at radius 2 is 1.70 bits per heavy atom. The third-order valence-corrected chi connectivity index (χ3v) is 13.0. The molecule has 1 spiro atoms. The van der Waals surface area contributed by atoms with Gasteiger partial charge in [0.1, 0.15) is 11.5 Å². The maximum Gasteiger partial charge on any atom is 0.306 e. The lowest BCUT2D eigenvalue weighted by Crippen LogP contribution is -2.56. The highest BCUT2D eigenvalue weighted by Crippen LogP contribution is 2.60. The van der Waals surface area contributed by atoms with Crippen molar-refractivity contribution in [3.8, 4) is 33.8 Å². The van der Waals surface area contributed by atoms with E-state index in [1.807, 2.05) is 53.3 Å². The van der Waals surface area contributed by atoms with Gasteiger partial charge in [-0.25, -0.2) is 0 Å². The SMILES string of the molecule is COc1cc(-c2cccc(-c3cccc4c3cnn4Cc3cc(OC)c(CN(C)C4CC5(CC(C(=O)O)C5)C4)cc3Cl)c2Cl)ccc1CNC[C@@H]1CCC(=O)N1. The van der Waals surface area contributed by atoms with Gasteiger partial charge >= 0.3 is 5.97 Å². The second-order valence-corrected chi connectivity index (χ2v) is 16.6. The molecule has 12 heteroatoms. The Morgan fingerprint density at radius 1 is 0.964 bits per heavy atom. The fourth-order valence-electron chi connectivity index (χ4n) is 9.07. The molecule has 1 aliphatic heterocycles. The Labute approximate surface area is 337 Å². The Morgan fingerprint density at radius 3 is 2.43 bits per heavy atom. The molecule has 0 bridgehead atoms. The molecule has 0 unspecified atom stereocenters. The number of halogens is 2. The van der Waals surface area contributed by atoms with Gasteiger partial charge in [-0.15, -0.1) is 0 Å². The average Bonchev–Trinajstić information content (AvgIpc) is 3.77. The van der Waals surface area contributed by atoms with E-state index in [0.717, 1.165) is 93.5 Å². The molecule has 2 aliphatic carbocycles. The number of aromatic nitrogens is 2. The summed E-state index contributed by atoms with van der Waals surface area (Å²) >= 11 is 14.2. The molecular formula is C44H47Cl2N5O5. The van der Waals surface area contributed by atoms with Gasteiger partial charge < -0.3 is 25.2 Å². The Bertz CT molecular complexity index is 2300. The highest BCUT2D eigenvalue weighted by molar-refractivity contribution is 6.36. The first-order valence-electron chi connectivity index (χ1n) is 19.2. The number of hydrogen-bond donors (Lipinski definition) is 3. The molecule has 1 amide bonds. The first-order valence-corrected chi connectivity index (χ1v) is 20.0. The number of methoxy groups -OCH3 is 2. The molecule has 1 saturated heterocycles. The number of carbonyl (C=O) groups is 2. The van der Waals surface area contributed by atoms with E-state index < -0.39 is 5.97 Å². The van der Waals surface area contributed by atoms with Crippen molar-refractivity contribution in [1.82, 2.24) is 25.3 Å². The van der Waals surface area contributed by atoms with E-state index in [-0.39, 0.29) is 23.3 Å². The number of fused-ring (bicyclic) bond motifs is 1. The second kappa shape index (κ2) is 15.7. The van der Waals surface area contributed by atoms with E-state index >= 15 is 0 Å². The van der Waals surface area contributed by atoms with Gasteiger partial charge in [0.15, 0.2) is 0 Å². The van der Waals surface area contributed by atoms with Crippen LogP contribution in [0.4, 0.5) is 0 Å². The summed E-state index contributed by atoms with van der Waals surface area (Å²) < 4.78 is 13.6. The zero-order valence-corrected chi connectivity index (χ0v) is 33.4. The first-order chi connectivity index (χ1) is 27.0. The normalized spacial score (nSPS) is 21.6. The summed E-state index contributed by atoms with van der Waals surface area (Å²) in [4.78, 5) is 25.2. The number of amides is 1. The van der Waals surface area contributed by atoms with E-state index in [1.165, 1.54) is 0 Å². The van der Waals surface area contributed by atoms with Crippen molar-refractivity contribution < 1.29 is 24.2 Å². The predicted molar refractivity (Wildman–Crippen MR) is 219 cm³/mol. The number of carboxylic acids is 1. The topological polar surface area (TPSA) is 118 Å². The molecule has 1 aromatic heterocycles. The number of carbonyl (C=O) groups excluding carboxylic acids is 1. The molecule has 3 fully saturated rings. The van der Waals surface area contributed by atoms with E-state index in [1.54, 1.807) is 14.2 Å². The van der Waals surface area contributed by atoms with Crippen molar-refractivity contribution in [3.63, 3.8) is 0 Å². The fourth-order valence-corrected chi connectivity index (χ4v) is 9.66. The molecule has 4 aromatic carbocycles. The summed E-state index contributed by atoms with van der Waals surface area (Å²) in [5, 5.41) is 22.8. The van der Waals surface area contributed by atoms with Crippen LogP contribution >= 0.6 is 23.2 Å². The van der Waals surface area contributed by atoms with Crippen LogP contribution in [0.25, 0.3) is 33.2 Å². The Balaban J connectivity index is 0.978. The van der Waals surface area contributed by atoms with Crippen LogP contribution in [-0.2, 0) is 29.2 Å². The number of nitrogens with one attached hydrogen (secondary N) is 2. The van der Waals surface area contributed by atoms with Gasteiger partial charge in [0.25, 0.3) is 0 Å². The van der Waals surface area contributed by atoms with E-state index in [9.17, 15) is 14.7 Å². The number of carboxylic acid groups (broad SMARTS) is 1. The van der Waals surface area contributed by atoms with E-state index in [0.29, 0.717) is 48.7 Å². The van der Waals surface area contributed by atoms with Crippen LogP contribution in [0.15, 0.2) is 72.9 Å². The van der Waals surface area contributed by atoms with Crippen LogP contribution in [0.5, 0.6) is 11.5 Å². The van der Waals surface area contributed by atoms with Crippen molar-refractivity contribution in [1.29, 1.82) is 0 Å². The molecule has 8 rings (SSSR count). The molecule has 5 aromatic rings. The lowest BCUT2D eigenvalue weighted by atomic mass is 9.50. The van der Waals surface area contributed by atoms with Gasteiger partial charge in [0, 0.05) is 70.8 Å². The van der Waals surface area contributed by atoms with Crippen molar-refractivity contribution in [2.45, 2.75) is 70.2 Å². The van der Waals surface area contributed by atoms with Gasteiger partial charge in [-0.05, 0) is 85.5 Å². The van der Waals surface area contributed by atoms with Gasteiger partial charge in [-0.1, -0.05) is 65.7 Å². The average molecular weight is 797 g/mol. The molecule has 0 radical (unpaired) electrons. The van der Waals surface area contributed by atoms with Crippen LogP contribution in [0.2, 0.25) is 10.0 Å². The van der Waals surface area contributed by atoms with Crippen LogP contribution in [-0.4, -0.2) is 71.6 Å². The molecule has 3 aliphatic rings. The van der Waals surface area contributed by atoms with Crippen LogP contribution in [0.1, 0.15) is 55.2 Å². The number of benzene rings is 4. The molecule has 10 nitrogen and oxygen atoms in total. The third-order valence-electron chi connectivity index (χ3n) is 12.2.